The first-order valence-corrected chi connectivity index (χ1v) is 49.2. The summed E-state index contributed by atoms with van der Waals surface area (Å²) in [6, 6.07) is 70.0. The molecule has 0 spiro atoms. The molecule has 5 fully saturated rings. The van der Waals surface area contributed by atoms with Crippen LogP contribution in [0.2, 0.25) is 0 Å². The van der Waals surface area contributed by atoms with Crippen LogP contribution in [0.15, 0.2) is 250 Å². The van der Waals surface area contributed by atoms with E-state index in [4.69, 9.17) is 84.7 Å². The lowest BCUT2D eigenvalue weighted by Crippen LogP contribution is -2.37. The first-order chi connectivity index (χ1) is 72.5. The molecule has 0 amide bonds. The molecular formula is C112H111N25O11. The topological polar surface area (TPSA) is 388 Å². The van der Waals surface area contributed by atoms with Gasteiger partial charge in [0.25, 0.3) is 6.47 Å². The second kappa shape index (κ2) is 45.8. The van der Waals surface area contributed by atoms with E-state index in [2.05, 4.69) is 198 Å². The minimum Gasteiger partial charge on any atom is -0.508 e. The molecule has 5 aliphatic heterocycles. The molecule has 750 valence electrons. The van der Waals surface area contributed by atoms with Crippen molar-refractivity contribution in [2.24, 2.45) is 0 Å². The molecule has 15 heterocycles. The van der Waals surface area contributed by atoms with Crippen molar-refractivity contribution in [3.8, 4) is 91.6 Å². The van der Waals surface area contributed by atoms with E-state index in [0.717, 1.165) is 166 Å². The number of ether oxygens (including phenoxy) is 6. The van der Waals surface area contributed by atoms with Gasteiger partial charge in [-0.2, -0.15) is 24.9 Å². The summed E-state index contributed by atoms with van der Waals surface area (Å²) in [6.45, 7) is 26.1. The van der Waals surface area contributed by atoms with Crippen molar-refractivity contribution < 1.29 is 53.6 Å². The maximum absolute atomic E-state index is 10.6. The highest BCUT2D eigenvalue weighted by molar-refractivity contribution is 5.93. The van der Waals surface area contributed by atoms with Crippen LogP contribution in [-0.2, 0) is 72.5 Å². The van der Waals surface area contributed by atoms with Crippen molar-refractivity contribution in [2.45, 2.75) is 67.0 Å². The number of aryl methyl sites for hydroxylation is 4. The number of phenols is 4. The predicted molar refractivity (Wildman–Crippen MR) is 566 cm³/mol. The van der Waals surface area contributed by atoms with E-state index >= 15 is 0 Å². The minimum atomic E-state index is 0.181. The van der Waals surface area contributed by atoms with Crippen LogP contribution in [0.1, 0.15) is 50.1 Å². The quantitative estimate of drug-likeness (QED) is 0.0362. The molecule has 0 radical (unpaired) electrons. The second-order valence-corrected chi connectivity index (χ2v) is 36.5. The largest absolute Gasteiger partial charge is 0.508 e. The van der Waals surface area contributed by atoms with Crippen LogP contribution in [0.3, 0.4) is 0 Å². The molecule has 0 unspecified atom stereocenters. The Morgan fingerprint density at radius 1 is 0.291 bits per heavy atom. The van der Waals surface area contributed by atoms with Gasteiger partial charge in [0.1, 0.15) is 85.7 Å². The van der Waals surface area contributed by atoms with E-state index in [0.29, 0.717) is 152 Å². The molecule has 0 atom stereocenters. The van der Waals surface area contributed by atoms with Crippen LogP contribution in [-0.4, -0.2) is 256 Å². The summed E-state index contributed by atoms with van der Waals surface area (Å²) in [6.07, 6.45) is 14.4. The summed E-state index contributed by atoms with van der Waals surface area (Å²) in [4.78, 5) is 92.8. The summed E-state index contributed by atoms with van der Waals surface area (Å²) < 4.78 is 42.4. The Labute approximate surface area is 853 Å². The van der Waals surface area contributed by atoms with Crippen LogP contribution >= 0.6 is 0 Å². The van der Waals surface area contributed by atoms with Gasteiger partial charge in [0.15, 0.2) is 28.2 Å². The smallest absolute Gasteiger partial charge is 0.293 e. The zero-order valence-corrected chi connectivity index (χ0v) is 82.5. The van der Waals surface area contributed by atoms with Gasteiger partial charge in [0.2, 0.25) is 29.7 Å². The van der Waals surface area contributed by atoms with Crippen molar-refractivity contribution in [3.63, 3.8) is 0 Å². The van der Waals surface area contributed by atoms with Gasteiger partial charge < -0.3 is 96.2 Å². The molecule has 148 heavy (non-hydrogen) atoms. The Balaban J connectivity index is 0.000000112. The number of nitrogens with zero attached hydrogens (tertiary/aromatic N) is 25. The first kappa shape index (κ1) is 98.2. The minimum absolute atomic E-state index is 0.181. The standard InChI is InChI=1S/C25H25N5O3.3C23H23N5O2.C18H17N5O2/c1-18-5-7-19(8-6-18)14-30-16-26-23-22(21-4-2-3-20(13-21)15-33-17-31)27-25(28-24(23)30)29-9-11-32-12-10-29;1-16-4-2-5-17(12-16)14-28-15-24-21-20(18-6-3-7-19(29)13-18)25-23(26-22(21)28)27-8-10-30-11-9-27;2*1-16-5-7-17(8-6-16)14-28-15-24-21-20(18-3-2-4-19(29)13-18)25-23(26-22(21)28)27-9-11-30-12-10-27;1-2-6-23-12-19-16-15(13-4-3-5-14(24)11-13)20-18(21-17(16)23)22-7-9-25-10-8-22/h2-8,13,16-17H,9-12,14-15H2,1H3;2-7,12-13,15,29H,8-11,14H2,1H3;2*2-8,13,15,29H,9-12,14H2,1H3;1,3-5,11-12,24H,6-10H2. The molecule has 5 saturated heterocycles. The van der Waals surface area contributed by atoms with Gasteiger partial charge >= 0.3 is 0 Å². The fraction of sp³-hybridized carbons (Fsp3) is 0.268. The van der Waals surface area contributed by atoms with Crippen LogP contribution in [0.4, 0.5) is 29.7 Å². The molecule has 36 heteroatoms. The molecule has 10 aromatic heterocycles. The lowest BCUT2D eigenvalue weighted by Gasteiger charge is -2.27. The molecule has 5 aliphatic rings. The highest BCUT2D eigenvalue weighted by Gasteiger charge is 2.29. The SMILES string of the molecule is C#CCn1cnc2c(-c3cccc(O)c3)nc(N3CCOCC3)nc21.Cc1ccc(Cn2cnc3c(-c4cccc(COC=O)c4)nc(N4CCOCC4)nc32)cc1.Cc1ccc(Cn2cnc3c(-c4cccc(O)c4)nc(N4CCOCC4)nc32)cc1.Cc1ccc(Cn2cnc3c(-c4cccc(O)c4)nc(N4CCOCC4)nc32)cc1.Cc1cccc(Cn2cnc3c(-c4cccc(O)c4)nc(N4CCOCC4)nc32)c1. The van der Waals surface area contributed by atoms with Gasteiger partial charge in [-0.25, -0.2) is 49.8 Å². The summed E-state index contributed by atoms with van der Waals surface area (Å²) >= 11 is 0. The molecular weight excluding hydrogens is 1870 g/mol. The zero-order chi connectivity index (χ0) is 101. The molecule has 24 rings (SSSR count). The normalized spacial score (nSPS) is 14.3. The summed E-state index contributed by atoms with van der Waals surface area (Å²) in [7, 11) is 0. The maximum Gasteiger partial charge on any atom is 0.293 e. The van der Waals surface area contributed by atoms with Crippen LogP contribution in [0, 0.1) is 40.0 Å². The van der Waals surface area contributed by atoms with Gasteiger partial charge in [-0.3, -0.25) is 4.79 Å². The number of aromatic hydroxyl groups is 4. The first-order valence-electron chi connectivity index (χ1n) is 49.2. The van der Waals surface area contributed by atoms with Crippen molar-refractivity contribution >= 4 is 92.0 Å². The Bertz CT molecular complexity index is 7730. The fourth-order valence-electron chi connectivity index (χ4n) is 18.1. The van der Waals surface area contributed by atoms with Crippen molar-refractivity contribution in [3.05, 3.63) is 300 Å². The molecule has 0 aliphatic carbocycles. The number of carbonyl (C=O) groups is 1. The van der Waals surface area contributed by atoms with Crippen LogP contribution in [0.5, 0.6) is 23.0 Å². The number of hydrogen-bond donors (Lipinski definition) is 4. The summed E-state index contributed by atoms with van der Waals surface area (Å²) in [5.41, 5.74) is 25.7. The molecule has 36 nitrogen and oxygen atoms in total. The Morgan fingerprint density at radius 3 is 0.811 bits per heavy atom. The average molecular weight is 1980 g/mol. The average Bonchev–Trinajstić information content (AvgIpc) is 1.61. The third-order valence-electron chi connectivity index (χ3n) is 25.8. The number of morpholine rings is 5. The van der Waals surface area contributed by atoms with Crippen molar-refractivity contribution in [1.82, 2.24) is 97.6 Å². The molecule has 4 N–H and O–H groups in total. The number of anilines is 5. The van der Waals surface area contributed by atoms with E-state index in [1.807, 2.05) is 96.6 Å². The highest BCUT2D eigenvalue weighted by atomic mass is 16.5. The number of aromatic nitrogens is 20. The number of carbonyl (C=O) groups excluding carboxylic acids is 1. The number of imidazole rings is 5. The summed E-state index contributed by atoms with van der Waals surface area (Å²) in [5, 5.41) is 39.8. The number of terminal acetylenes is 1. The van der Waals surface area contributed by atoms with Gasteiger partial charge in [0.05, 0.1) is 130 Å². The number of fused-ring (bicyclic) bond motifs is 5. The molecule has 0 bridgehead atoms. The molecule has 0 saturated carbocycles. The molecule has 9 aromatic carbocycles. The Kier molecular flexibility index (Phi) is 30.4. The van der Waals surface area contributed by atoms with Crippen LogP contribution in [0.25, 0.3) is 112 Å². The molecule has 19 aromatic rings. The van der Waals surface area contributed by atoms with E-state index < -0.39 is 0 Å². The third-order valence-corrected chi connectivity index (χ3v) is 25.8. The van der Waals surface area contributed by atoms with Crippen molar-refractivity contribution in [1.29, 1.82) is 0 Å². The third kappa shape index (κ3) is 23.2. The van der Waals surface area contributed by atoms with Gasteiger partial charge in [-0.15, -0.1) is 6.42 Å². The predicted octanol–water partition coefficient (Wildman–Crippen LogP) is 15.2. The highest BCUT2D eigenvalue weighted by Crippen LogP contribution is 2.38. The Morgan fingerprint density at radius 2 is 0.541 bits per heavy atom. The van der Waals surface area contributed by atoms with Gasteiger partial charge in [-0.1, -0.05) is 192 Å². The lowest BCUT2D eigenvalue weighted by molar-refractivity contribution is -0.129. The van der Waals surface area contributed by atoms with Crippen LogP contribution < -0.4 is 24.5 Å². The maximum atomic E-state index is 10.6. The van der Waals surface area contributed by atoms with E-state index in [-0.39, 0.29) is 29.6 Å². The summed E-state index contributed by atoms with van der Waals surface area (Å²) in [5.74, 6) is 6.67. The fourth-order valence-corrected chi connectivity index (χ4v) is 18.1. The van der Waals surface area contributed by atoms with E-state index in [9.17, 15) is 25.2 Å². The monoisotopic (exact) mass is 1980 g/mol. The number of hydrogen-bond acceptors (Lipinski definition) is 31. The van der Waals surface area contributed by atoms with Crippen molar-refractivity contribution in [2.75, 3.05) is 156 Å². The van der Waals surface area contributed by atoms with E-state index in [1.165, 1.54) is 44.5 Å². The Hall–Kier alpha value is -17.2. The zero-order valence-electron chi connectivity index (χ0n) is 82.5. The number of phenolic OH excluding ortho intramolecular Hbond substituents is 4. The number of benzene rings is 9. The van der Waals surface area contributed by atoms with E-state index in [1.54, 1.807) is 60.9 Å². The second-order valence-electron chi connectivity index (χ2n) is 36.5. The number of rotatable bonds is 22. The van der Waals surface area contributed by atoms with Gasteiger partial charge in [-0.05, 0) is 110 Å². The van der Waals surface area contributed by atoms with Gasteiger partial charge in [0, 0.05) is 93.3 Å². The lowest BCUT2D eigenvalue weighted by atomic mass is 10.1.